The zero-order valence-electron chi connectivity index (χ0n) is 42.2. The maximum atomic E-state index is 14.8. The second-order valence-electron chi connectivity index (χ2n) is 20.5. The van der Waals surface area contributed by atoms with Gasteiger partial charge < -0.3 is 19.6 Å². The van der Waals surface area contributed by atoms with E-state index in [1.54, 1.807) is 28.8 Å². The Hall–Kier alpha value is -7.38. The number of carbonyl (C=O) groups excluding carboxylic acids is 3. The number of para-hydroxylation sites is 1. The molecule has 15 nitrogen and oxygen atoms in total. The van der Waals surface area contributed by atoms with E-state index < -0.39 is 24.1 Å². The van der Waals surface area contributed by atoms with Crippen LogP contribution in [-0.2, 0) is 29.6 Å². The predicted molar refractivity (Wildman–Crippen MR) is 285 cm³/mol. The number of carbonyl (C=O) groups is 4. The summed E-state index contributed by atoms with van der Waals surface area (Å²) in [5.74, 6) is -1.36. The first-order valence-electron chi connectivity index (χ1n) is 26.0. The molecule has 3 N–H and O–H groups in total. The van der Waals surface area contributed by atoms with Gasteiger partial charge in [-0.2, -0.15) is 18.3 Å². The smallest absolute Gasteiger partial charge is 0.404 e. The molecule has 19 heteroatoms. The molecule has 6 heterocycles. The molecule has 3 amide bonds. The maximum Gasteiger partial charge on any atom is 0.404 e. The van der Waals surface area contributed by atoms with Gasteiger partial charge in [-0.15, -0.1) is 0 Å². The number of nitrogens with one attached hydrogen (secondary N) is 2. The third kappa shape index (κ3) is 10.3. The third-order valence-electron chi connectivity index (χ3n) is 15.9. The average Bonchev–Trinajstić information content (AvgIpc) is 4.01. The number of piperidine rings is 1. The predicted octanol–water partition coefficient (Wildman–Crippen LogP) is 10.1. The Morgan fingerprint density at radius 3 is 2.42 bits per heavy atom. The monoisotopic (exact) mass is 1050 g/mol. The van der Waals surface area contributed by atoms with Crippen molar-refractivity contribution in [3.8, 4) is 16.9 Å². The van der Waals surface area contributed by atoms with Gasteiger partial charge in [0.05, 0.1) is 33.4 Å². The number of rotatable bonds is 13. The highest BCUT2D eigenvalue weighted by atomic mass is 32.1. The van der Waals surface area contributed by atoms with Crippen LogP contribution in [-0.4, -0.2) is 104 Å². The number of halogens is 3. The molecule has 0 bridgehead atoms. The Kier molecular flexibility index (Phi) is 14.0. The van der Waals surface area contributed by atoms with Crippen molar-refractivity contribution in [2.24, 2.45) is 13.0 Å². The van der Waals surface area contributed by atoms with Crippen molar-refractivity contribution >= 4 is 72.8 Å². The molecular formula is C57H58F3N9O6S. The van der Waals surface area contributed by atoms with Crippen molar-refractivity contribution in [2.45, 2.75) is 95.5 Å². The van der Waals surface area contributed by atoms with Crippen LogP contribution in [0.15, 0.2) is 91.0 Å². The van der Waals surface area contributed by atoms with Gasteiger partial charge in [0, 0.05) is 74.9 Å². The largest absolute Gasteiger partial charge is 0.490 e. The molecular weight excluding hydrogens is 996 g/mol. The number of imide groups is 1. The number of aromatic nitrogens is 4. The third-order valence-corrected chi connectivity index (χ3v) is 16.8. The van der Waals surface area contributed by atoms with Crippen LogP contribution in [0.1, 0.15) is 101 Å². The van der Waals surface area contributed by atoms with Crippen LogP contribution in [0, 0.1) is 12.8 Å². The molecule has 1 unspecified atom stereocenters. The van der Waals surface area contributed by atoms with E-state index in [1.807, 2.05) is 90.7 Å². The fourth-order valence-electron chi connectivity index (χ4n) is 11.8. The van der Waals surface area contributed by atoms with Gasteiger partial charge in [-0.3, -0.25) is 34.6 Å². The zero-order valence-corrected chi connectivity index (χ0v) is 43.1. The summed E-state index contributed by atoms with van der Waals surface area (Å²) in [5.41, 5.74) is 7.34. The lowest BCUT2D eigenvalue weighted by molar-refractivity contribution is -0.187. The number of pyridine rings is 1. The van der Waals surface area contributed by atoms with Crippen LogP contribution in [0.3, 0.4) is 0 Å². The Balaban J connectivity index is 0.693. The normalized spacial score (nSPS) is 19.9. The van der Waals surface area contributed by atoms with E-state index in [-0.39, 0.29) is 61.4 Å². The molecule has 3 fully saturated rings. The lowest BCUT2D eigenvalue weighted by Crippen LogP contribution is -2.55. The Labute approximate surface area is 441 Å². The molecule has 11 rings (SSSR count). The first kappa shape index (κ1) is 50.8. The summed E-state index contributed by atoms with van der Waals surface area (Å²) in [4.78, 5) is 65.9. The first-order valence-corrected chi connectivity index (χ1v) is 26.9. The molecule has 4 aromatic carbocycles. The van der Waals surface area contributed by atoms with Crippen LogP contribution < -0.4 is 25.2 Å². The van der Waals surface area contributed by atoms with Crippen molar-refractivity contribution in [3.05, 3.63) is 125 Å². The molecule has 4 aliphatic rings. The molecule has 1 saturated carbocycles. The number of benzene rings is 4. The van der Waals surface area contributed by atoms with Crippen molar-refractivity contribution in [1.82, 2.24) is 30.0 Å². The molecule has 394 valence electrons. The summed E-state index contributed by atoms with van der Waals surface area (Å²) in [6, 6.07) is 26.8. The van der Waals surface area contributed by atoms with Crippen LogP contribution in [0.25, 0.3) is 32.2 Å². The molecule has 3 aliphatic heterocycles. The highest BCUT2D eigenvalue weighted by molar-refractivity contribution is 7.22. The number of alkyl halides is 3. The van der Waals surface area contributed by atoms with Gasteiger partial charge >= 0.3 is 12.1 Å². The van der Waals surface area contributed by atoms with Crippen molar-refractivity contribution in [3.63, 3.8) is 0 Å². The number of hydrogen-bond acceptors (Lipinski definition) is 12. The lowest BCUT2D eigenvalue weighted by Gasteiger charge is -2.41. The lowest BCUT2D eigenvalue weighted by atomic mass is 9.83. The first-order chi connectivity index (χ1) is 36.6. The number of thiazole rings is 1. The van der Waals surface area contributed by atoms with Gasteiger partial charge in [0.1, 0.15) is 17.6 Å². The van der Waals surface area contributed by atoms with E-state index in [0.29, 0.717) is 97.4 Å². The number of nitrogens with zero attached hydrogens (tertiary/aromatic N) is 7. The standard InChI is InChI=1S/C57H58F3N9O6S/c1-33-38(39-20-23-49(62-52(39)55(73)74)69-26-25-35-7-5-9-40(43(35)32-69)53(71)64-56-61-44-10-3-4-12-47(44)76-56)8-6-11-46(33)75-37-17-13-34(14-18-37)15-22-48(57(58,59)60)68-29-27-67(28-30-68)36-16-19-41-45(31-36)66(2)65-51(41)42-21-24-50(70)63-54(42)72/h3-12,16,19-20,23,31,34,37,42,48H,13-15,17-18,21-22,24-30,32H2,1-2H3,(H,73,74)(H,61,64,71)(H,63,70,72)/t34?,37?,42?,48-/m0/s1. The van der Waals surface area contributed by atoms with Gasteiger partial charge in [-0.05, 0) is 141 Å². The van der Waals surface area contributed by atoms with Crippen molar-refractivity contribution < 1.29 is 42.2 Å². The van der Waals surface area contributed by atoms with Gasteiger partial charge in [0.2, 0.25) is 11.8 Å². The summed E-state index contributed by atoms with van der Waals surface area (Å²) in [6.45, 7) is 4.25. The number of carboxylic acid groups (broad SMARTS) is 1. The molecule has 0 radical (unpaired) electrons. The number of carboxylic acids is 1. The average molecular weight is 1050 g/mol. The van der Waals surface area contributed by atoms with Gasteiger partial charge in [-0.1, -0.05) is 47.7 Å². The number of aromatic carboxylic acids is 1. The summed E-state index contributed by atoms with van der Waals surface area (Å²) in [7, 11) is 1.80. The summed E-state index contributed by atoms with van der Waals surface area (Å²) in [6.07, 6.45) is 0.139. The topological polar surface area (TPSA) is 175 Å². The summed E-state index contributed by atoms with van der Waals surface area (Å²) >= 11 is 1.41. The Bertz CT molecular complexity index is 3350. The number of aryl methyl sites for hydroxylation is 1. The molecule has 3 aromatic heterocycles. The van der Waals surface area contributed by atoms with Crippen molar-refractivity contribution in [2.75, 3.05) is 47.8 Å². The van der Waals surface area contributed by atoms with E-state index >= 15 is 0 Å². The quantitative estimate of drug-likeness (QED) is 0.0934. The maximum absolute atomic E-state index is 14.8. The molecule has 0 spiro atoms. The summed E-state index contributed by atoms with van der Waals surface area (Å²) < 4.78 is 53.5. The highest BCUT2D eigenvalue weighted by Crippen LogP contribution is 2.40. The van der Waals surface area contributed by atoms with Crippen LogP contribution in [0.4, 0.5) is 29.8 Å². The Morgan fingerprint density at radius 1 is 0.868 bits per heavy atom. The molecule has 2 saturated heterocycles. The second kappa shape index (κ2) is 21.0. The van der Waals surface area contributed by atoms with Crippen LogP contribution >= 0.6 is 11.3 Å². The SMILES string of the molecule is Cc1c(OC2CCC(CC[C@H](N3CCN(c4ccc5c(C6CCC(=O)NC6=O)nn(C)c5c4)CC3)C(F)(F)F)CC2)cccc1-c1ccc(N2CCc3cccc(C(=O)Nc4nc5ccccc5s4)c3C2)nc1C(=O)O. The van der Waals surface area contributed by atoms with Crippen molar-refractivity contribution in [1.29, 1.82) is 0 Å². The second-order valence-corrected chi connectivity index (χ2v) is 21.5. The van der Waals surface area contributed by atoms with Gasteiger partial charge in [0.25, 0.3) is 5.91 Å². The van der Waals surface area contributed by atoms with Gasteiger partial charge in [0.15, 0.2) is 10.8 Å². The fourth-order valence-corrected chi connectivity index (χ4v) is 12.6. The number of ether oxygens (including phenoxy) is 1. The number of hydrogen-bond donors (Lipinski definition) is 3. The Morgan fingerprint density at radius 2 is 1.66 bits per heavy atom. The number of fused-ring (bicyclic) bond motifs is 3. The molecule has 2 atom stereocenters. The minimum Gasteiger partial charge on any atom is -0.490 e. The van der Waals surface area contributed by atoms with Gasteiger partial charge in [-0.25, -0.2) is 14.8 Å². The van der Waals surface area contributed by atoms with Crippen LogP contribution in [0.2, 0.25) is 0 Å². The number of anilines is 3. The number of piperazine rings is 1. The minimum absolute atomic E-state index is 0.0265. The fraction of sp³-hybridized carbons (Fsp3) is 0.386. The zero-order chi connectivity index (χ0) is 52.8. The minimum atomic E-state index is -4.37. The van der Waals surface area contributed by atoms with Crippen LogP contribution in [0.5, 0.6) is 5.75 Å². The van der Waals surface area contributed by atoms with E-state index in [4.69, 9.17) is 9.72 Å². The number of amides is 3. The van der Waals surface area contributed by atoms with E-state index in [2.05, 4.69) is 25.6 Å². The van der Waals surface area contributed by atoms with E-state index in [1.165, 1.54) is 11.3 Å². The highest BCUT2D eigenvalue weighted by Gasteiger charge is 2.44. The van der Waals surface area contributed by atoms with E-state index in [9.17, 15) is 37.5 Å². The molecule has 1 aliphatic carbocycles. The van der Waals surface area contributed by atoms with E-state index in [0.717, 1.165) is 56.3 Å². The molecule has 7 aromatic rings. The molecule has 76 heavy (non-hydrogen) atoms. The summed E-state index contributed by atoms with van der Waals surface area (Å²) in [5, 5.41) is 21.9.